The molecule has 0 saturated carbocycles. The molecule has 0 bridgehead atoms. The highest BCUT2D eigenvalue weighted by Gasteiger charge is 2.24. The molecule has 0 unspecified atom stereocenters. The molecule has 1 fully saturated rings. The van der Waals surface area contributed by atoms with Crippen molar-refractivity contribution < 1.29 is 9.18 Å². The summed E-state index contributed by atoms with van der Waals surface area (Å²) in [6, 6.07) is 15.2. The number of nitrogen functional groups attached to an aromatic ring is 1. The predicted molar refractivity (Wildman–Crippen MR) is 103 cm³/mol. The van der Waals surface area contributed by atoms with Crippen molar-refractivity contribution in [3.63, 3.8) is 0 Å². The van der Waals surface area contributed by atoms with Gasteiger partial charge in [0.25, 0.3) is 0 Å². The number of nitrogens with one attached hydrogen (secondary N) is 1. The molecule has 3 aromatic rings. The second-order valence-electron chi connectivity index (χ2n) is 6.49. The molecule has 6 nitrogen and oxygen atoms in total. The van der Waals surface area contributed by atoms with E-state index in [0.29, 0.717) is 22.9 Å². The van der Waals surface area contributed by atoms with Crippen molar-refractivity contribution in [2.75, 3.05) is 24.1 Å². The Bertz CT molecular complexity index is 947. The number of likely N-dealkylation sites (tertiary alicyclic amines) is 1. The van der Waals surface area contributed by atoms with Crippen LogP contribution in [0.4, 0.5) is 20.7 Å². The largest absolute Gasteiger partial charge is 0.382 e. The van der Waals surface area contributed by atoms with Crippen molar-refractivity contribution in [1.82, 2.24) is 14.7 Å². The van der Waals surface area contributed by atoms with E-state index in [9.17, 15) is 9.18 Å². The molecule has 0 radical (unpaired) electrons. The lowest BCUT2D eigenvalue weighted by Gasteiger charge is -2.16. The number of benzene rings is 2. The summed E-state index contributed by atoms with van der Waals surface area (Å²) in [4.78, 5) is 14.4. The topological polar surface area (TPSA) is 76.2 Å². The Morgan fingerprint density at radius 2 is 1.70 bits per heavy atom. The van der Waals surface area contributed by atoms with Gasteiger partial charge in [0, 0.05) is 18.7 Å². The zero-order valence-electron chi connectivity index (χ0n) is 14.7. The number of carbonyl (C=O) groups excluding carboxylic acids is 1. The SMILES string of the molecule is Nc1c(NC(=O)N2CCCC2)c(-c2ccccc2)nn1-c1ccc(F)cc1. The first-order valence-corrected chi connectivity index (χ1v) is 8.89. The van der Waals surface area contributed by atoms with Crippen LogP contribution in [0.1, 0.15) is 12.8 Å². The normalized spacial score (nSPS) is 13.7. The lowest BCUT2D eigenvalue weighted by Crippen LogP contribution is -2.32. The number of carbonyl (C=O) groups is 1. The summed E-state index contributed by atoms with van der Waals surface area (Å²) in [5, 5.41) is 7.52. The Morgan fingerprint density at radius 1 is 1.04 bits per heavy atom. The van der Waals surface area contributed by atoms with E-state index in [0.717, 1.165) is 31.5 Å². The van der Waals surface area contributed by atoms with Gasteiger partial charge in [-0.1, -0.05) is 30.3 Å². The molecule has 1 aromatic heterocycles. The third kappa shape index (κ3) is 3.36. The van der Waals surface area contributed by atoms with Gasteiger partial charge in [0.05, 0.1) is 5.69 Å². The number of amides is 2. The number of nitrogens with two attached hydrogens (primary N) is 1. The Balaban J connectivity index is 1.77. The minimum Gasteiger partial charge on any atom is -0.382 e. The molecule has 3 N–H and O–H groups in total. The monoisotopic (exact) mass is 365 g/mol. The number of nitrogens with zero attached hydrogens (tertiary/aromatic N) is 3. The van der Waals surface area contributed by atoms with Crippen LogP contribution in [0, 0.1) is 5.82 Å². The molecule has 2 heterocycles. The van der Waals surface area contributed by atoms with Crippen LogP contribution in [0.2, 0.25) is 0 Å². The maximum Gasteiger partial charge on any atom is 0.322 e. The van der Waals surface area contributed by atoms with Crippen molar-refractivity contribution in [1.29, 1.82) is 0 Å². The number of aromatic nitrogens is 2. The Labute approximate surface area is 156 Å². The van der Waals surface area contributed by atoms with Gasteiger partial charge >= 0.3 is 6.03 Å². The second kappa shape index (κ2) is 7.11. The second-order valence-corrected chi connectivity index (χ2v) is 6.49. The van der Waals surface area contributed by atoms with E-state index in [1.165, 1.54) is 16.8 Å². The average Bonchev–Trinajstić information content (AvgIpc) is 3.33. The zero-order chi connectivity index (χ0) is 18.8. The lowest BCUT2D eigenvalue weighted by atomic mass is 10.1. The number of hydrogen-bond acceptors (Lipinski definition) is 3. The van der Waals surface area contributed by atoms with Crippen molar-refractivity contribution in [2.24, 2.45) is 0 Å². The molecule has 2 amide bonds. The molecule has 138 valence electrons. The third-order valence-corrected chi connectivity index (χ3v) is 4.66. The smallest absolute Gasteiger partial charge is 0.322 e. The van der Waals surface area contributed by atoms with Crippen LogP contribution in [0.5, 0.6) is 0 Å². The van der Waals surface area contributed by atoms with Gasteiger partial charge in [-0.3, -0.25) is 0 Å². The first-order chi connectivity index (χ1) is 13.1. The van der Waals surface area contributed by atoms with Gasteiger partial charge in [-0.05, 0) is 37.1 Å². The Morgan fingerprint density at radius 3 is 2.37 bits per heavy atom. The molecule has 2 aromatic carbocycles. The average molecular weight is 365 g/mol. The van der Waals surface area contributed by atoms with Gasteiger partial charge in [-0.15, -0.1) is 0 Å². The van der Waals surface area contributed by atoms with E-state index in [4.69, 9.17) is 5.73 Å². The molecule has 27 heavy (non-hydrogen) atoms. The molecule has 1 aliphatic rings. The molecule has 1 saturated heterocycles. The van der Waals surface area contributed by atoms with Crippen molar-refractivity contribution in [3.05, 3.63) is 60.4 Å². The van der Waals surface area contributed by atoms with Crippen molar-refractivity contribution in [3.8, 4) is 16.9 Å². The van der Waals surface area contributed by atoms with E-state index in [2.05, 4.69) is 10.4 Å². The van der Waals surface area contributed by atoms with Crippen LogP contribution in [-0.4, -0.2) is 33.8 Å². The molecular weight excluding hydrogens is 345 g/mol. The standard InChI is InChI=1S/C20H20FN5O/c21-15-8-10-16(11-9-15)26-19(22)18(23-20(27)25-12-4-5-13-25)17(24-26)14-6-2-1-3-7-14/h1-3,6-11H,4-5,12-13,22H2,(H,23,27). The van der Waals surface area contributed by atoms with Gasteiger partial charge in [0.1, 0.15) is 17.2 Å². The quantitative estimate of drug-likeness (QED) is 0.739. The van der Waals surface area contributed by atoms with Gasteiger partial charge in [0.2, 0.25) is 0 Å². The first-order valence-electron chi connectivity index (χ1n) is 8.89. The summed E-state index contributed by atoms with van der Waals surface area (Å²) in [5.74, 6) is -0.0386. The van der Waals surface area contributed by atoms with E-state index < -0.39 is 0 Å². The van der Waals surface area contributed by atoms with Crippen molar-refractivity contribution in [2.45, 2.75) is 12.8 Å². The number of rotatable bonds is 3. The fraction of sp³-hybridized carbons (Fsp3) is 0.200. The van der Waals surface area contributed by atoms with Crippen LogP contribution < -0.4 is 11.1 Å². The van der Waals surface area contributed by atoms with Gasteiger partial charge in [0.15, 0.2) is 5.82 Å². The van der Waals surface area contributed by atoms with Crippen LogP contribution >= 0.6 is 0 Å². The lowest BCUT2D eigenvalue weighted by molar-refractivity contribution is 0.222. The minimum absolute atomic E-state index is 0.185. The number of urea groups is 1. The van der Waals surface area contributed by atoms with Crippen LogP contribution in [0.15, 0.2) is 54.6 Å². The fourth-order valence-electron chi connectivity index (χ4n) is 3.24. The minimum atomic E-state index is -0.338. The molecule has 0 atom stereocenters. The predicted octanol–water partition coefficient (Wildman–Crippen LogP) is 3.89. The summed E-state index contributed by atoms with van der Waals surface area (Å²) in [6.45, 7) is 1.47. The molecule has 4 rings (SSSR count). The highest BCUT2D eigenvalue weighted by atomic mass is 19.1. The fourth-order valence-corrected chi connectivity index (χ4v) is 3.24. The van der Waals surface area contributed by atoms with E-state index in [-0.39, 0.29) is 11.8 Å². The maximum atomic E-state index is 13.3. The molecule has 7 heteroatoms. The Kier molecular flexibility index (Phi) is 4.50. The summed E-state index contributed by atoms with van der Waals surface area (Å²) in [5.41, 5.74) is 8.82. The summed E-state index contributed by atoms with van der Waals surface area (Å²) < 4.78 is 14.8. The molecular formula is C20H20FN5O. The number of halogens is 1. The van der Waals surface area contributed by atoms with E-state index in [1.54, 1.807) is 17.0 Å². The van der Waals surface area contributed by atoms with Gasteiger partial charge in [-0.25, -0.2) is 13.9 Å². The summed E-state index contributed by atoms with van der Waals surface area (Å²) in [6.07, 6.45) is 2.01. The van der Waals surface area contributed by atoms with Gasteiger partial charge < -0.3 is 16.0 Å². The molecule has 0 aliphatic carbocycles. The Hall–Kier alpha value is -3.35. The zero-order valence-corrected chi connectivity index (χ0v) is 14.7. The van der Waals surface area contributed by atoms with Gasteiger partial charge in [-0.2, -0.15) is 5.10 Å². The van der Waals surface area contributed by atoms with Crippen LogP contribution in [0.25, 0.3) is 16.9 Å². The van der Waals surface area contributed by atoms with Crippen LogP contribution in [-0.2, 0) is 0 Å². The highest BCUT2D eigenvalue weighted by Crippen LogP contribution is 2.34. The van der Waals surface area contributed by atoms with E-state index >= 15 is 0 Å². The summed E-state index contributed by atoms with van der Waals surface area (Å²) in [7, 11) is 0. The van der Waals surface area contributed by atoms with E-state index in [1.807, 2.05) is 30.3 Å². The first kappa shape index (κ1) is 17.1. The van der Waals surface area contributed by atoms with Crippen molar-refractivity contribution >= 4 is 17.5 Å². The summed E-state index contributed by atoms with van der Waals surface area (Å²) >= 11 is 0. The van der Waals surface area contributed by atoms with Crippen LogP contribution in [0.3, 0.4) is 0 Å². The number of anilines is 2. The maximum absolute atomic E-state index is 13.3. The third-order valence-electron chi connectivity index (χ3n) is 4.66. The number of hydrogen-bond donors (Lipinski definition) is 2. The molecule has 1 aliphatic heterocycles. The highest BCUT2D eigenvalue weighted by molar-refractivity contribution is 5.97. The molecule has 0 spiro atoms.